The van der Waals surface area contributed by atoms with Gasteiger partial charge in [-0.1, -0.05) is 18.2 Å². The summed E-state index contributed by atoms with van der Waals surface area (Å²) < 4.78 is 57.9. The van der Waals surface area contributed by atoms with Crippen LogP contribution in [0.4, 0.5) is 10.1 Å². The van der Waals surface area contributed by atoms with Gasteiger partial charge in [0.15, 0.2) is 11.9 Å². The number of nitrogens with one attached hydrogen (secondary N) is 1. The molecule has 0 radical (unpaired) electrons. The number of fused-ring (bicyclic) bond motifs is 1. The van der Waals surface area contributed by atoms with Gasteiger partial charge >= 0.3 is 0 Å². The molecule has 0 spiro atoms. The Morgan fingerprint density at radius 3 is 2.51 bits per heavy atom. The molecular weight excluding hydrogens is 475 g/mol. The molecule has 0 aliphatic carbocycles. The minimum atomic E-state index is -3.81. The van der Waals surface area contributed by atoms with Crippen LogP contribution in [0.1, 0.15) is 5.56 Å². The molecule has 2 heterocycles. The molecular formula is C25H23FN2O6S. The van der Waals surface area contributed by atoms with Crippen LogP contribution in [-0.4, -0.2) is 51.0 Å². The molecule has 1 atom stereocenters. The molecule has 8 nitrogen and oxygen atoms in total. The highest BCUT2D eigenvalue weighted by molar-refractivity contribution is 7.89. The zero-order chi connectivity index (χ0) is 24.4. The van der Waals surface area contributed by atoms with Crippen molar-refractivity contribution in [3.63, 3.8) is 0 Å². The standard InChI is InChI=1S/C25H23FN2O6S/c26-18-5-7-19(8-6-18)33-23-10-9-20(35(30,31)28-11-13-32-14-12-28)16-21(23)27-25(29)24-15-17-3-1-2-4-22(17)34-24/h1-10,16,24H,11-15H2,(H,27,29). The van der Waals surface area contributed by atoms with Crippen LogP contribution in [0.3, 0.4) is 0 Å². The normalized spacial score (nSPS) is 17.9. The molecule has 1 unspecified atom stereocenters. The SMILES string of the molecule is O=C(Nc1cc(S(=O)(=O)N2CCOCC2)ccc1Oc1ccc(F)cc1)C1Cc2ccccc2O1. The highest BCUT2D eigenvalue weighted by Gasteiger charge is 2.31. The first kappa shape index (κ1) is 23.3. The summed E-state index contributed by atoms with van der Waals surface area (Å²) in [4.78, 5) is 13.1. The van der Waals surface area contributed by atoms with Crippen LogP contribution in [0.5, 0.6) is 17.2 Å². The van der Waals surface area contributed by atoms with Crippen molar-refractivity contribution in [1.29, 1.82) is 0 Å². The predicted octanol–water partition coefficient (Wildman–Crippen LogP) is 3.58. The maximum Gasteiger partial charge on any atom is 0.265 e. The molecule has 2 aliphatic rings. The second-order valence-corrected chi connectivity index (χ2v) is 10.1. The quantitative estimate of drug-likeness (QED) is 0.558. The molecule has 1 saturated heterocycles. The van der Waals surface area contributed by atoms with Crippen LogP contribution < -0.4 is 14.8 Å². The average molecular weight is 499 g/mol. The fourth-order valence-corrected chi connectivity index (χ4v) is 5.40. The molecule has 5 rings (SSSR count). The summed E-state index contributed by atoms with van der Waals surface area (Å²) in [5, 5.41) is 2.76. The largest absolute Gasteiger partial charge is 0.480 e. The number of hydrogen-bond donors (Lipinski definition) is 1. The first-order valence-electron chi connectivity index (χ1n) is 11.1. The Bertz CT molecular complexity index is 1320. The van der Waals surface area contributed by atoms with Crippen LogP contribution >= 0.6 is 0 Å². The number of carbonyl (C=O) groups is 1. The van der Waals surface area contributed by atoms with Crippen molar-refractivity contribution < 1.29 is 31.8 Å². The summed E-state index contributed by atoms with van der Waals surface area (Å²) in [5.74, 6) is 0.317. The lowest BCUT2D eigenvalue weighted by molar-refractivity contribution is -0.122. The molecule has 10 heteroatoms. The maximum absolute atomic E-state index is 13.3. The number of rotatable bonds is 6. The Morgan fingerprint density at radius 1 is 1.03 bits per heavy atom. The summed E-state index contributed by atoms with van der Waals surface area (Å²) >= 11 is 0. The number of halogens is 1. The molecule has 3 aromatic rings. The molecule has 35 heavy (non-hydrogen) atoms. The van der Waals surface area contributed by atoms with E-state index in [2.05, 4.69) is 5.32 Å². The third-order valence-corrected chi connectivity index (χ3v) is 7.69. The highest BCUT2D eigenvalue weighted by atomic mass is 32.2. The summed E-state index contributed by atoms with van der Waals surface area (Å²) in [6, 6.07) is 17.0. The molecule has 0 saturated carbocycles. The lowest BCUT2D eigenvalue weighted by atomic mass is 10.1. The van der Waals surface area contributed by atoms with Gasteiger partial charge in [0.2, 0.25) is 10.0 Å². The van der Waals surface area contributed by atoms with E-state index in [-0.39, 0.29) is 29.4 Å². The molecule has 1 N–H and O–H groups in total. The second-order valence-electron chi connectivity index (χ2n) is 8.14. The van der Waals surface area contributed by atoms with E-state index < -0.39 is 27.9 Å². The Hall–Kier alpha value is -3.47. The first-order valence-corrected chi connectivity index (χ1v) is 12.5. The molecule has 1 fully saturated rings. The fraction of sp³-hybridized carbons (Fsp3) is 0.240. The number of amides is 1. The number of para-hydroxylation sites is 1. The zero-order valence-corrected chi connectivity index (χ0v) is 19.5. The van der Waals surface area contributed by atoms with Crippen LogP contribution in [0.25, 0.3) is 0 Å². The third kappa shape index (κ3) is 5.00. The van der Waals surface area contributed by atoms with Crippen molar-refractivity contribution in [3.8, 4) is 17.2 Å². The van der Waals surface area contributed by atoms with Gasteiger partial charge in [0.25, 0.3) is 5.91 Å². The molecule has 0 aromatic heterocycles. The number of benzene rings is 3. The number of ether oxygens (including phenoxy) is 3. The van der Waals surface area contributed by atoms with Gasteiger partial charge in [0, 0.05) is 19.5 Å². The van der Waals surface area contributed by atoms with E-state index in [1.165, 1.54) is 46.8 Å². The van der Waals surface area contributed by atoms with E-state index in [4.69, 9.17) is 14.2 Å². The Labute approximate surface area is 202 Å². The number of morpholine rings is 1. The van der Waals surface area contributed by atoms with Crippen molar-refractivity contribution in [3.05, 3.63) is 78.1 Å². The molecule has 3 aromatic carbocycles. The van der Waals surface area contributed by atoms with Gasteiger partial charge in [-0.25, -0.2) is 12.8 Å². The second kappa shape index (κ2) is 9.65. The number of nitrogens with zero attached hydrogens (tertiary/aromatic N) is 1. The summed E-state index contributed by atoms with van der Waals surface area (Å²) in [5.41, 5.74) is 1.08. The predicted molar refractivity (Wildman–Crippen MR) is 126 cm³/mol. The van der Waals surface area contributed by atoms with Gasteiger partial charge in [-0.3, -0.25) is 4.79 Å². The molecule has 1 amide bonds. The minimum Gasteiger partial charge on any atom is -0.480 e. The van der Waals surface area contributed by atoms with E-state index in [1.807, 2.05) is 18.2 Å². The van der Waals surface area contributed by atoms with E-state index in [9.17, 15) is 17.6 Å². The van der Waals surface area contributed by atoms with E-state index in [0.29, 0.717) is 31.1 Å². The van der Waals surface area contributed by atoms with Crippen LogP contribution in [0, 0.1) is 5.82 Å². The Balaban J connectivity index is 1.44. The molecule has 2 aliphatic heterocycles. The zero-order valence-electron chi connectivity index (χ0n) is 18.6. The van der Waals surface area contributed by atoms with Crippen molar-refractivity contribution in [2.75, 3.05) is 31.6 Å². The fourth-order valence-electron chi connectivity index (χ4n) is 3.96. The average Bonchev–Trinajstić information content (AvgIpc) is 3.31. The van der Waals surface area contributed by atoms with Gasteiger partial charge < -0.3 is 19.5 Å². The van der Waals surface area contributed by atoms with Gasteiger partial charge in [-0.15, -0.1) is 0 Å². The molecule has 182 valence electrons. The van der Waals surface area contributed by atoms with Crippen LogP contribution in [0.15, 0.2) is 71.6 Å². The summed E-state index contributed by atoms with van der Waals surface area (Å²) in [6.07, 6.45) is -0.382. The number of anilines is 1. The van der Waals surface area contributed by atoms with Gasteiger partial charge in [0.1, 0.15) is 17.3 Å². The first-order chi connectivity index (χ1) is 16.9. The topological polar surface area (TPSA) is 94.2 Å². The number of hydrogen-bond acceptors (Lipinski definition) is 6. The lowest BCUT2D eigenvalue weighted by Crippen LogP contribution is -2.40. The Kier molecular flexibility index (Phi) is 6.42. The smallest absolute Gasteiger partial charge is 0.265 e. The number of carbonyl (C=O) groups excluding carboxylic acids is 1. The third-order valence-electron chi connectivity index (χ3n) is 5.80. The number of sulfonamides is 1. The summed E-state index contributed by atoms with van der Waals surface area (Å²) in [6.45, 7) is 1.11. The highest BCUT2D eigenvalue weighted by Crippen LogP contribution is 2.34. The van der Waals surface area contributed by atoms with Crippen LogP contribution in [0.2, 0.25) is 0 Å². The van der Waals surface area contributed by atoms with Crippen LogP contribution in [-0.2, 0) is 26.0 Å². The van der Waals surface area contributed by atoms with Crippen molar-refractivity contribution in [2.24, 2.45) is 0 Å². The lowest BCUT2D eigenvalue weighted by Gasteiger charge is -2.26. The Morgan fingerprint density at radius 2 is 1.77 bits per heavy atom. The maximum atomic E-state index is 13.3. The van der Waals surface area contributed by atoms with Gasteiger partial charge in [-0.2, -0.15) is 4.31 Å². The van der Waals surface area contributed by atoms with Gasteiger partial charge in [0.05, 0.1) is 23.8 Å². The van der Waals surface area contributed by atoms with Gasteiger partial charge in [-0.05, 0) is 54.1 Å². The summed E-state index contributed by atoms with van der Waals surface area (Å²) in [7, 11) is -3.81. The van der Waals surface area contributed by atoms with Crippen molar-refractivity contribution in [2.45, 2.75) is 17.4 Å². The van der Waals surface area contributed by atoms with E-state index in [1.54, 1.807) is 6.07 Å². The van der Waals surface area contributed by atoms with Crippen molar-refractivity contribution >= 4 is 21.6 Å². The minimum absolute atomic E-state index is 0.0109. The van der Waals surface area contributed by atoms with E-state index in [0.717, 1.165) is 5.56 Å². The van der Waals surface area contributed by atoms with E-state index >= 15 is 0 Å². The molecule has 0 bridgehead atoms. The van der Waals surface area contributed by atoms with Crippen molar-refractivity contribution in [1.82, 2.24) is 4.31 Å². The monoisotopic (exact) mass is 498 g/mol.